The largest absolute Gasteiger partial charge is 0.326 e. The minimum atomic E-state index is -0.194. The Morgan fingerprint density at radius 3 is 2.56 bits per heavy atom. The molecule has 2 heterocycles. The summed E-state index contributed by atoms with van der Waals surface area (Å²) in [6, 6.07) is 7.31. The van der Waals surface area contributed by atoms with Gasteiger partial charge in [-0.25, -0.2) is 0 Å². The number of hydrogen-bond acceptors (Lipinski definition) is 5. The highest BCUT2D eigenvalue weighted by Crippen LogP contribution is 2.22. The molecular formula is C18H23N3O3S. The van der Waals surface area contributed by atoms with Gasteiger partial charge >= 0.3 is 0 Å². The number of rotatable bonds is 6. The Balaban J connectivity index is 1.46. The van der Waals surface area contributed by atoms with Crippen molar-refractivity contribution in [3.8, 4) is 0 Å². The van der Waals surface area contributed by atoms with Gasteiger partial charge in [0.15, 0.2) is 0 Å². The van der Waals surface area contributed by atoms with Gasteiger partial charge in [0.25, 0.3) is 5.24 Å². The van der Waals surface area contributed by atoms with Crippen LogP contribution in [-0.2, 0) is 16.1 Å². The van der Waals surface area contributed by atoms with E-state index in [1.165, 1.54) is 4.90 Å². The molecule has 0 bridgehead atoms. The number of thioether (sulfide) groups is 1. The van der Waals surface area contributed by atoms with E-state index in [1.54, 1.807) is 0 Å². The summed E-state index contributed by atoms with van der Waals surface area (Å²) in [5.41, 5.74) is 1.62. The van der Waals surface area contributed by atoms with Crippen LogP contribution in [0, 0.1) is 5.92 Å². The molecule has 2 aliphatic heterocycles. The Morgan fingerprint density at radius 1 is 1.20 bits per heavy atom. The molecule has 0 unspecified atom stereocenters. The maximum atomic E-state index is 12.1. The second-order valence-electron chi connectivity index (χ2n) is 6.51. The number of benzene rings is 1. The zero-order chi connectivity index (χ0) is 17.6. The zero-order valence-corrected chi connectivity index (χ0v) is 14.9. The summed E-state index contributed by atoms with van der Waals surface area (Å²) >= 11 is 1.04. The third-order valence-corrected chi connectivity index (χ3v) is 5.52. The number of carbonyl (C=O) groups is 3. The number of piperidine rings is 1. The van der Waals surface area contributed by atoms with Gasteiger partial charge in [-0.05, 0) is 56.0 Å². The van der Waals surface area contributed by atoms with Crippen molar-refractivity contribution in [1.29, 1.82) is 0 Å². The van der Waals surface area contributed by atoms with Crippen molar-refractivity contribution in [2.45, 2.75) is 32.2 Å². The lowest BCUT2D eigenvalue weighted by Gasteiger charge is -2.22. The standard InChI is InChI=1S/C18H23N3O3S/c22-16(6-3-13-7-9-19-10-8-13)20-15-4-1-14(2-5-15)11-21-17(23)12-25-18(21)24/h1-2,4-5,13,19H,3,6-12H2,(H,20,22). The number of carbonyl (C=O) groups excluding carboxylic acids is 3. The molecule has 25 heavy (non-hydrogen) atoms. The highest BCUT2D eigenvalue weighted by molar-refractivity contribution is 8.14. The van der Waals surface area contributed by atoms with E-state index in [9.17, 15) is 14.4 Å². The summed E-state index contributed by atoms with van der Waals surface area (Å²) < 4.78 is 0. The van der Waals surface area contributed by atoms with Gasteiger partial charge < -0.3 is 10.6 Å². The minimum absolute atomic E-state index is 0.0348. The lowest BCUT2D eigenvalue weighted by atomic mass is 9.93. The van der Waals surface area contributed by atoms with Crippen LogP contribution in [0.15, 0.2) is 24.3 Å². The molecule has 7 heteroatoms. The first-order valence-electron chi connectivity index (χ1n) is 8.68. The third kappa shape index (κ3) is 5.06. The van der Waals surface area contributed by atoms with Crippen LogP contribution < -0.4 is 10.6 Å². The molecule has 2 saturated heterocycles. The second-order valence-corrected chi connectivity index (χ2v) is 7.44. The monoisotopic (exact) mass is 361 g/mol. The molecule has 3 amide bonds. The molecule has 2 fully saturated rings. The lowest BCUT2D eigenvalue weighted by molar-refractivity contribution is -0.125. The van der Waals surface area contributed by atoms with Crippen LogP contribution in [-0.4, -0.2) is 40.8 Å². The average molecular weight is 361 g/mol. The zero-order valence-electron chi connectivity index (χ0n) is 14.1. The van der Waals surface area contributed by atoms with Crippen LogP contribution in [0.3, 0.4) is 0 Å². The van der Waals surface area contributed by atoms with Gasteiger partial charge in [-0.15, -0.1) is 0 Å². The normalized spacial score (nSPS) is 18.6. The summed E-state index contributed by atoms with van der Waals surface area (Å²) in [6.45, 7) is 2.39. The second kappa shape index (κ2) is 8.49. The van der Waals surface area contributed by atoms with E-state index in [-0.39, 0.29) is 29.4 Å². The molecule has 1 aromatic carbocycles. The van der Waals surface area contributed by atoms with Crippen molar-refractivity contribution in [3.63, 3.8) is 0 Å². The molecular weight excluding hydrogens is 338 g/mol. The van der Waals surface area contributed by atoms with Crippen LogP contribution in [0.25, 0.3) is 0 Å². The Kier molecular flexibility index (Phi) is 6.09. The molecule has 3 rings (SSSR count). The van der Waals surface area contributed by atoms with E-state index < -0.39 is 0 Å². The SMILES string of the molecule is O=C(CCC1CCNCC1)Nc1ccc(CN2C(=O)CSC2=O)cc1. The predicted octanol–water partition coefficient (Wildman–Crippen LogP) is 2.60. The Bertz CT molecular complexity index is 625. The van der Waals surface area contributed by atoms with Crippen LogP contribution in [0.2, 0.25) is 0 Å². The Morgan fingerprint density at radius 2 is 1.92 bits per heavy atom. The molecule has 1 aromatic rings. The van der Waals surface area contributed by atoms with Crippen molar-refractivity contribution in [2.75, 3.05) is 24.2 Å². The van der Waals surface area contributed by atoms with Crippen LogP contribution in [0.5, 0.6) is 0 Å². The molecule has 0 aromatic heterocycles. The minimum Gasteiger partial charge on any atom is -0.326 e. The lowest BCUT2D eigenvalue weighted by Crippen LogP contribution is -2.28. The van der Waals surface area contributed by atoms with E-state index >= 15 is 0 Å². The maximum Gasteiger partial charge on any atom is 0.289 e. The van der Waals surface area contributed by atoms with E-state index in [4.69, 9.17) is 0 Å². The summed E-state index contributed by atoms with van der Waals surface area (Å²) in [4.78, 5) is 36.6. The van der Waals surface area contributed by atoms with Gasteiger partial charge in [-0.1, -0.05) is 23.9 Å². The molecule has 2 N–H and O–H groups in total. The van der Waals surface area contributed by atoms with Crippen molar-refractivity contribution in [3.05, 3.63) is 29.8 Å². The molecule has 0 aliphatic carbocycles. The molecule has 0 atom stereocenters. The van der Waals surface area contributed by atoms with Crippen LogP contribution in [0.4, 0.5) is 10.5 Å². The van der Waals surface area contributed by atoms with Crippen LogP contribution in [0.1, 0.15) is 31.2 Å². The fourth-order valence-corrected chi connectivity index (χ4v) is 3.86. The molecule has 0 spiro atoms. The average Bonchev–Trinajstić information content (AvgIpc) is 2.94. The number of amides is 3. The summed E-state index contributed by atoms with van der Waals surface area (Å²) in [7, 11) is 0. The van der Waals surface area contributed by atoms with Gasteiger partial charge in [0.05, 0.1) is 12.3 Å². The van der Waals surface area contributed by atoms with Crippen LogP contribution >= 0.6 is 11.8 Å². The first-order chi connectivity index (χ1) is 12.1. The van der Waals surface area contributed by atoms with Gasteiger partial charge in [0.1, 0.15) is 0 Å². The molecule has 2 aliphatic rings. The number of anilines is 1. The number of nitrogens with zero attached hydrogens (tertiary/aromatic N) is 1. The fourth-order valence-electron chi connectivity index (χ4n) is 3.14. The molecule has 6 nitrogen and oxygen atoms in total. The Labute approximate surface area is 151 Å². The molecule has 134 valence electrons. The molecule has 0 radical (unpaired) electrons. The van der Waals surface area contributed by atoms with Gasteiger partial charge in [-0.2, -0.15) is 0 Å². The summed E-state index contributed by atoms with van der Waals surface area (Å²) in [5, 5.41) is 6.05. The van der Waals surface area contributed by atoms with Crippen molar-refractivity contribution < 1.29 is 14.4 Å². The predicted molar refractivity (Wildman–Crippen MR) is 98.3 cm³/mol. The maximum absolute atomic E-state index is 12.1. The number of imide groups is 1. The summed E-state index contributed by atoms with van der Waals surface area (Å²) in [6.07, 6.45) is 3.77. The molecule has 0 saturated carbocycles. The highest BCUT2D eigenvalue weighted by atomic mass is 32.2. The third-order valence-electron chi connectivity index (χ3n) is 4.66. The van der Waals surface area contributed by atoms with E-state index in [1.807, 2.05) is 24.3 Å². The Hall–Kier alpha value is -1.86. The van der Waals surface area contributed by atoms with Gasteiger partial charge in [-0.3, -0.25) is 19.3 Å². The first-order valence-corrected chi connectivity index (χ1v) is 9.67. The van der Waals surface area contributed by atoms with E-state index in [2.05, 4.69) is 10.6 Å². The van der Waals surface area contributed by atoms with E-state index in [0.29, 0.717) is 12.3 Å². The van der Waals surface area contributed by atoms with E-state index in [0.717, 1.165) is 55.4 Å². The van der Waals surface area contributed by atoms with Crippen molar-refractivity contribution >= 4 is 34.5 Å². The van der Waals surface area contributed by atoms with Crippen molar-refractivity contribution in [2.24, 2.45) is 5.92 Å². The quantitative estimate of drug-likeness (QED) is 0.814. The highest BCUT2D eigenvalue weighted by Gasteiger charge is 2.29. The number of hydrogen-bond donors (Lipinski definition) is 2. The van der Waals surface area contributed by atoms with Crippen molar-refractivity contribution in [1.82, 2.24) is 10.2 Å². The summed E-state index contributed by atoms with van der Waals surface area (Å²) in [5.74, 6) is 0.755. The number of nitrogens with one attached hydrogen (secondary N) is 2. The smallest absolute Gasteiger partial charge is 0.289 e. The fraction of sp³-hybridized carbons (Fsp3) is 0.500. The van der Waals surface area contributed by atoms with Gasteiger partial charge in [0, 0.05) is 12.1 Å². The van der Waals surface area contributed by atoms with Gasteiger partial charge in [0.2, 0.25) is 11.8 Å². The first kappa shape index (κ1) is 17.9. The topological polar surface area (TPSA) is 78.5 Å².